The largest absolute Gasteiger partial charge is 0.477 e. The summed E-state index contributed by atoms with van der Waals surface area (Å²) in [6.45, 7) is 3.07. The van der Waals surface area contributed by atoms with E-state index in [2.05, 4.69) is 5.43 Å². The lowest BCUT2D eigenvalue weighted by atomic mass is 10.0. The van der Waals surface area contributed by atoms with Gasteiger partial charge in [0.05, 0.1) is 5.39 Å². The van der Waals surface area contributed by atoms with Crippen molar-refractivity contribution in [3.05, 3.63) is 27.8 Å². The first-order valence-electron chi connectivity index (χ1n) is 9.25. The monoisotopic (exact) mass is 406 g/mol. The Bertz CT molecular complexity index is 1070. The molecule has 2 atom stereocenters. The number of anilines is 2. The maximum Gasteiger partial charge on any atom is 0.341 e. The van der Waals surface area contributed by atoms with Gasteiger partial charge in [-0.3, -0.25) is 20.3 Å². The van der Waals surface area contributed by atoms with Gasteiger partial charge in [-0.2, -0.15) is 0 Å². The van der Waals surface area contributed by atoms with Crippen LogP contribution in [0.2, 0.25) is 0 Å². The van der Waals surface area contributed by atoms with Crippen LogP contribution < -0.4 is 37.1 Å². The van der Waals surface area contributed by atoms with Crippen LogP contribution in [-0.2, 0) is 0 Å². The normalized spacial score (nSPS) is 19.4. The first kappa shape index (κ1) is 19.3. The first-order valence-corrected chi connectivity index (χ1v) is 9.25. The van der Waals surface area contributed by atoms with Crippen LogP contribution >= 0.6 is 0 Å². The third kappa shape index (κ3) is 2.76. The highest BCUT2D eigenvalue weighted by molar-refractivity contribution is 6.04. The molecule has 10 nitrogen and oxygen atoms in total. The number of ether oxygens (including phenoxy) is 1. The molecule has 1 aromatic carbocycles. The van der Waals surface area contributed by atoms with Crippen molar-refractivity contribution in [2.75, 3.05) is 42.2 Å². The zero-order valence-electron chi connectivity index (χ0n) is 16.1. The molecule has 3 heterocycles. The van der Waals surface area contributed by atoms with Crippen LogP contribution in [0.5, 0.6) is 5.75 Å². The van der Waals surface area contributed by atoms with Crippen LogP contribution in [0.15, 0.2) is 11.0 Å². The topological polar surface area (TPSA) is 139 Å². The molecular formula is C18H23FN6O4. The van der Waals surface area contributed by atoms with E-state index < -0.39 is 22.8 Å². The molecule has 29 heavy (non-hydrogen) atoms. The maximum absolute atomic E-state index is 15.6. The number of aromatic carboxylic acids is 1. The molecule has 11 heteroatoms. The highest BCUT2D eigenvalue weighted by atomic mass is 19.1. The number of halogens is 1. The van der Waals surface area contributed by atoms with Gasteiger partial charge in [0.2, 0.25) is 5.43 Å². The number of carboxylic acid groups (broad SMARTS) is 1. The van der Waals surface area contributed by atoms with Gasteiger partial charge in [-0.1, -0.05) is 0 Å². The average Bonchev–Trinajstić information content (AvgIpc) is 3.15. The van der Waals surface area contributed by atoms with Gasteiger partial charge in [0.15, 0.2) is 18.3 Å². The number of carboxylic acids is 1. The van der Waals surface area contributed by atoms with Gasteiger partial charge in [0.25, 0.3) is 0 Å². The van der Waals surface area contributed by atoms with Gasteiger partial charge >= 0.3 is 5.97 Å². The molecule has 1 fully saturated rings. The minimum Gasteiger partial charge on any atom is -0.477 e. The smallest absolute Gasteiger partial charge is 0.341 e. The molecule has 1 aromatic heterocycles. The minimum absolute atomic E-state index is 0.0460. The van der Waals surface area contributed by atoms with E-state index in [0.29, 0.717) is 13.1 Å². The van der Waals surface area contributed by atoms with Crippen molar-refractivity contribution in [3.8, 4) is 5.75 Å². The minimum atomic E-state index is -1.41. The zero-order valence-corrected chi connectivity index (χ0v) is 16.1. The number of nitrogens with one attached hydrogen (secondary N) is 1. The number of nitrogen functional groups attached to an aromatic ring is 1. The molecule has 0 saturated carbocycles. The molecule has 0 spiro atoms. The molecule has 2 aliphatic heterocycles. The Kier molecular flexibility index (Phi) is 4.50. The van der Waals surface area contributed by atoms with Gasteiger partial charge in [-0.15, -0.1) is 0 Å². The Labute approximate surface area is 165 Å². The Hall–Kier alpha value is -3.05. The van der Waals surface area contributed by atoms with Crippen LogP contribution in [-0.4, -0.2) is 48.7 Å². The SMILES string of the molecule is CC(N)C1CCN(c2c(F)c(NN)c3c(=O)c(C(=O)O)cn4c3c2OCN4C)C1. The van der Waals surface area contributed by atoms with Crippen molar-refractivity contribution in [1.29, 1.82) is 0 Å². The van der Waals surface area contributed by atoms with E-state index in [1.807, 2.05) is 11.8 Å². The summed E-state index contributed by atoms with van der Waals surface area (Å²) < 4.78 is 22.9. The van der Waals surface area contributed by atoms with Crippen molar-refractivity contribution in [2.24, 2.45) is 17.5 Å². The fourth-order valence-corrected chi connectivity index (χ4v) is 4.11. The zero-order chi connectivity index (χ0) is 21.0. The molecule has 0 bridgehead atoms. The van der Waals surface area contributed by atoms with Gasteiger partial charge in [-0.25, -0.2) is 9.18 Å². The third-order valence-electron chi connectivity index (χ3n) is 5.72. The lowest BCUT2D eigenvalue weighted by Crippen LogP contribution is -2.40. The van der Waals surface area contributed by atoms with Crippen molar-refractivity contribution >= 4 is 28.2 Å². The fraction of sp³-hybridized carbons (Fsp3) is 0.444. The Morgan fingerprint density at radius 2 is 2.21 bits per heavy atom. The third-order valence-corrected chi connectivity index (χ3v) is 5.72. The second kappa shape index (κ2) is 6.78. The number of benzene rings is 1. The van der Waals surface area contributed by atoms with E-state index in [1.165, 1.54) is 10.9 Å². The Morgan fingerprint density at radius 3 is 2.79 bits per heavy atom. The van der Waals surface area contributed by atoms with Crippen LogP contribution in [0.1, 0.15) is 23.7 Å². The summed E-state index contributed by atoms with van der Waals surface area (Å²) in [5.41, 5.74) is 7.15. The summed E-state index contributed by atoms with van der Waals surface area (Å²) in [5, 5.41) is 10.8. The molecule has 0 amide bonds. The predicted molar refractivity (Wildman–Crippen MR) is 107 cm³/mol. The number of nitrogens with zero attached hydrogens (tertiary/aromatic N) is 3. The van der Waals surface area contributed by atoms with Gasteiger partial charge in [-0.05, 0) is 19.3 Å². The van der Waals surface area contributed by atoms with E-state index >= 15 is 4.39 Å². The van der Waals surface area contributed by atoms with Gasteiger partial charge in [0.1, 0.15) is 22.5 Å². The molecule has 0 aliphatic carbocycles. The molecular weight excluding hydrogens is 383 g/mol. The van der Waals surface area contributed by atoms with E-state index in [1.54, 1.807) is 12.1 Å². The van der Waals surface area contributed by atoms with Gasteiger partial charge in [0, 0.05) is 32.4 Å². The lowest BCUT2D eigenvalue weighted by Gasteiger charge is -2.34. The summed E-state index contributed by atoms with van der Waals surface area (Å²) in [7, 11) is 1.67. The van der Waals surface area contributed by atoms with E-state index in [-0.39, 0.29) is 46.7 Å². The van der Waals surface area contributed by atoms with E-state index in [9.17, 15) is 14.7 Å². The summed E-state index contributed by atoms with van der Waals surface area (Å²) in [4.78, 5) is 26.3. The molecule has 1 saturated heterocycles. The van der Waals surface area contributed by atoms with Crippen LogP contribution in [0.3, 0.4) is 0 Å². The number of rotatable bonds is 4. The lowest BCUT2D eigenvalue weighted by molar-refractivity contribution is 0.0694. The Balaban J connectivity index is 2.06. The van der Waals surface area contributed by atoms with Crippen molar-refractivity contribution in [2.45, 2.75) is 19.4 Å². The summed E-state index contributed by atoms with van der Waals surface area (Å²) in [6.07, 6.45) is 2.01. The molecule has 4 rings (SSSR count). The van der Waals surface area contributed by atoms with Crippen molar-refractivity contribution in [1.82, 2.24) is 4.68 Å². The molecule has 2 unspecified atom stereocenters. The van der Waals surface area contributed by atoms with Gasteiger partial charge < -0.3 is 25.9 Å². The molecule has 6 N–H and O–H groups in total. The number of hydrogen-bond donors (Lipinski definition) is 4. The molecule has 156 valence electrons. The van der Waals surface area contributed by atoms with Crippen molar-refractivity contribution in [3.63, 3.8) is 0 Å². The summed E-state index contributed by atoms with van der Waals surface area (Å²) in [5.74, 6) is 3.79. The number of nitrogens with two attached hydrogens (primary N) is 2. The fourth-order valence-electron chi connectivity index (χ4n) is 4.11. The highest BCUT2D eigenvalue weighted by Gasteiger charge is 2.35. The first-order chi connectivity index (χ1) is 13.8. The Morgan fingerprint density at radius 1 is 1.48 bits per heavy atom. The maximum atomic E-state index is 15.6. The van der Waals surface area contributed by atoms with Crippen LogP contribution in [0.4, 0.5) is 15.8 Å². The molecule has 2 aromatic rings. The predicted octanol–water partition coefficient (Wildman–Crippen LogP) is 0.216. The van der Waals surface area contributed by atoms with E-state index in [4.69, 9.17) is 16.3 Å². The average molecular weight is 406 g/mol. The molecule has 0 radical (unpaired) electrons. The van der Waals surface area contributed by atoms with Crippen molar-refractivity contribution < 1.29 is 19.0 Å². The van der Waals surface area contributed by atoms with E-state index in [0.717, 1.165) is 6.42 Å². The number of aromatic nitrogens is 1. The highest BCUT2D eigenvalue weighted by Crippen LogP contribution is 2.45. The standard InChI is InChI=1S/C18H23FN6O4/c1-8(20)9-3-4-24(5-9)15-12(19)13(22-21)11-14-17(15)29-7-23(2)25(14)6-10(16(11)26)18(27)28/h6,8-9,22H,3-5,7,20-21H2,1-2H3,(H,27,28). The molecule has 2 aliphatic rings. The summed E-state index contributed by atoms with van der Waals surface area (Å²) >= 11 is 0. The number of hydrazine groups is 1. The number of carbonyl (C=O) groups is 1. The quantitative estimate of drug-likeness (QED) is 0.415. The number of hydrogen-bond acceptors (Lipinski definition) is 8. The number of pyridine rings is 1. The van der Waals surface area contributed by atoms with Crippen LogP contribution in [0, 0.1) is 11.7 Å². The second-order valence-electron chi connectivity index (χ2n) is 7.54. The van der Waals surface area contributed by atoms with Crippen LogP contribution in [0.25, 0.3) is 10.9 Å². The summed E-state index contributed by atoms with van der Waals surface area (Å²) in [6, 6.07) is -0.0460. The second-order valence-corrected chi connectivity index (χ2v) is 7.54.